The molecule has 0 aliphatic rings. The van der Waals surface area contributed by atoms with Gasteiger partial charge in [-0.05, 0) is 36.2 Å². The molecule has 0 saturated carbocycles. The second-order valence-electron chi connectivity index (χ2n) is 3.72. The average Bonchev–Trinajstić information content (AvgIpc) is 2.40. The van der Waals surface area contributed by atoms with Crippen molar-refractivity contribution in [2.75, 3.05) is 5.32 Å². The first-order valence-corrected chi connectivity index (χ1v) is 5.61. The van der Waals surface area contributed by atoms with Crippen LogP contribution >= 0.6 is 0 Å². The number of rotatable bonds is 3. The molecule has 17 heavy (non-hydrogen) atoms. The number of hydrogen-bond acceptors (Lipinski definition) is 2. The minimum Gasteiger partial charge on any atom is -0.307 e. The molecule has 0 aliphatic heterocycles. The fourth-order valence-electron chi connectivity index (χ4n) is 1.56. The molecule has 0 unspecified atom stereocenters. The smallest absolute Gasteiger partial charge is 0.256 e. The monoisotopic (exact) mass is 226 g/mol. The molecule has 0 aliphatic carbocycles. The Kier molecular flexibility index (Phi) is 3.50. The molecule has 2 aromatic rings. The van der Waals surface area contributed by atoms with Crippen LogP contribution in [0.3, 0.4) is 0 Å². The summed E-state index contributed by atoms with van der Waals surface area (Å²) in [6.45, 7) is 2.07. The predicted octanol–water partition coefficient (Wildman–Crippen LogP) is 2.90. The standard InChI is InChI=1S/C14H14N2O/c1-2-11-6-5-7-12(10-11)14(17)16-13-8-3-4-9-15-13/h3-10H,2H2,1H3,(H,15,16,17). The van der Waals surface area contributed by atoms with Crippen LogP contribution < -0.4 is 5.32 Å². The van der Waals surface area contributed by atoms with Crippen molar-refractivity contribution in [3.05, 3.63) is 59.8 Å². The molecule has 1 aromatic heterocycles. The maximum Gasteiger partial charge on any atom is 0.256 e. The zero-order chi connectivity index (χ0) is 12.1. The Morgan fingerprint density at radius 1 is 1.24 bits per heavy atom. The predicted molar refractivity (Wildman–Crippen MR) is 68.0 cm³/mol. The van der Waals surface area contributed by atoms with Gasteiger partial charge < -0.3 is 5.32 Å². The summed E-state index contributed by atoms with van der Waals surface area (Å²) in [6.07, 6.45) is 2.57. The number of nitrogens with one attached hydrogen (secondary N) is 1. The first kappa shape index (κ1) is 11.3. The van der Waals surface area contributed by atoms with E-state index in [2.05, 4.69) is 17.2 Å². The Bertz CT molecular complexity index is 509. The van der Waals surface area contributed by atoms with E-state index in [4.69, 9.17) is 0 Å². The van der Waals surface area contributed by atoms with Crippen LogP contribution in [0, 0.1) is 0 Å². The van der Waals surface area contributed by atoms with Gasteiger partial charge in [0.2, 0.25) is 0 Å². The van der Waals surface area contributed by atoms with Crippen LogP contribution in [-0.4, -0.2) is 10.9 Å². The third-order valence-electron chi connectivity index (χ3n) is 2.50. The van der Waals surface area contributed by atoms with Crippen molar-refractivity contribution in [3.8, 4) is 0 Å². The molecule has 0 saturated heterocycles. The van der Waals surface area contributed by atoms with Gasteiger partial charge in [-0.1, -0.05) is 25.1 Å². The molecule has 1 N–H and O–H groups in total. The Hall–Kier alpha value is -2.16. The number of carbonyl (C=O) groups is 1. The van der Waals surface area contributed by atoms with Crippen LogP contribution in [0.1, 0.15) is 22.8 Å². The van der Waals surface area contributed by atoms with Crippen LogP contribution in [-0.2, 0) is 6.42 Å². The summed E-state index contributed by atoms with van der Waals surface area (Å²) in [6, 6.07) is 13.0. The molecule has 1 amide bonds. The van der Waals surface area contributed by atoms with E-state index in [0.717, 1.165) is 12.0 Å². The largest absolute Gasteiger partial charge is 0.307 e. The van der Waals surface area contributed by atoms with E-state index in [1.807, 2.05) is 30.3 Å². The van der Waals surface area contributed by atoms with E-state index in [1.165, 1.54) is 0 Å². The molecule has 3 heteroatoms. The lowest BCUT2D eigenvalue weighted by Gasteiger charge is -2.05. The van der Waals surface area contributed by atoms with Crippen molar-refractivity contribution in [1.29, 1.82) is 0 Å². The fourth-order valence-corrected chi connectivity index (χ4v) is 1.56. The molecule has 1 aromatic carbocycles. The lowest BCUT2D eigenvalue weighted by Crippen LogP contribution is -2.12. The minimum absolute atomic E-state index is 0.126. The highest BCUT2D eigenvalue weighted by Crippen LogP contribution is 2.08. The van der Waals surface area contributed by atoms with Crippen molar-refractivity contribution in [1.82, 2.24) is 4.98 Å². The second kappa shape index (κ2) is 5.25. The van der Waals surface area contributed by atoms with Crippen molar-refractivity contribution in [2.24, 2.45) is 0 Å². The summed E-state index contributed by atoms with van der Waals surface area (Å²) in [5, 5.41) is 2.76. The van der Waals surface area contributed by atoms with Gasteiger partial charge in [0.1, 0.15) is 5.82 Å². The zero-order valence-corrected chi connectivity index (χ0v) is 9.68. The lowest BCUT2D eigenvalue weighted by molar-refractivity contribution is 0.102. The Morgan fingerprint density at radius 3 is 2.82 bits per heavy atom. The SMILES string of the molecule is CCc1cccc(C(=O)Nc2ccccn2)c1. The number of aromatic nitrogens is 1. The molecule has 3 nitrogen and oxygen atoms in total. The lowest BCUT2D eigenvalue weighted by atomic mass is 10.1. The minimum atomic E-state index is -0.126. The molecule has 2 rings (SSSR count). The van der Waals surface area contributed by atoms with E-state index in [1.54, 1.807) is 18.3 Å². The van der Waals surface area contributed by atoms with Crippen molar-refractivity contribution >= 4 is 11.7 Å². The zero-order valence-electron chi connectivity index (χ0n) is 9.68. The van der Waals surface area contributed by atoms with Gasteiger partial charge in [0.15, 0.2) is 0 Å². The third kappa shape index (κ3) is 2.91. The van der Waals surface area contributed by atoms with Crippen LogP contribution in [0.25, 0.3) is 0 Å². The molecule has 0 atom stereocenters. The number of benzene rings is 1. The number of aryl methyl sites for hydroxylation is 1. The topological polar surface area (TPSA) is 42.0 Å². The highest BCUT2D eigenvalue weighted by molar-refractivity contribution is 6.03. The number of anilines is 1. The van der Waals surface area contributed by atoms with Crippen LogP contribution in [0.5, 0.6) is 0 Å². The molecule has 0 fully saturated rings. The first-order valence-electron chi connectivity index (χ1n) is 5.61. The summed E-state index contributed by atoms with van der Waals surface area (Å²) >= 11 is 0. The number of carbonyl (C=O) groups excluding carboxylic acids is 1. The van der Waals surface area contributed by atoms with Crippen molar-refractivity contribution in [2.45, 2.75) is 13.3 Å². The highest BCUT2D eigenvalue weighted by Gasteiger charge is 2.06. The number of nitrogens with zero attached hydrogens (tertiary/aromatic N) is 1. The Morgan fingerprint density at radius 2 is 2.12 bits per heavy atom. The molecule has 1 heterocycles. The molecular weight excluding hydrogens is 212 g/mol. The highest BCUT2D eigenvalue weighted by atomic mass is 16.1. The first-order chi connectivity index (χ1) is 8.29. The number of amides is 1. The summed E-state index contributed by atoms with van der Waals surface area (Å²) in [4.78, 5) is 16.0. The van der Waals surface area contributed by atoms with Crippen LogP contribution in [0.15, 0.2) is 48.7 Å². The van der Waals surface area contributed by atoms with Gasteiger partial charge in [0, 0.05) is 11.8 Å². The number of hydrogen-bond donors (Lipinski definition) is 1. The fraction of sp³-hybridized carbons (Fsp3) is 0.143. The van der Waals surface area contributed by atoms with Crippen molar-refractivity contribution < 1.29 is 4.79 Å². The van der Waals surface area contributed by atoms with Crippen LogP contribution in [0.4, 0.5) is 5.82 Å². The molecule has 0 radical (unpaired) electrons. The van der Waals surface area contributed by atoms with Gasteiger partial charge in [0.05, 0.1) is 0 Å². The van der Waals surface area contributed by atoms with Crippen molar-refractivity contribution in [3.63, 3.8) is 0 Å². The Labute approximate surface area is 101 Å². The summed E-state index contributed by atoms with van der Waals surface area (Å²) in [5.74, 6) is 0.443. The third-order valence-corrected chi connectivity index (χ3v) is 2.50. The maximum atomic E-state index is 11.9. The molecule has 86 valence electrons. The quantitative estimate of drug-likeness (QED) is 0.874. The van der Waals surface area contributed by atoms with Crippen LogP contribution in [0.2, 0.25) is 0 Å². The molecule has 0 bridgehead atoms. The van der Waals surface area contributed by atoms with E-state index in [-0.39, 0.29) is 5.91 Å². The van der Waals surface area contributed by atoms with E-state index in [0.29, 0.717) is 11.4 Å². The van der Waals surface area contributed by atoms with Gasteiger partial charge >= 0.3 is 0 Å². The van der Waals surface area contributed by atoms with Gasteiger partial charge in [0.25, 0.3) is 5.91 Å². The summed E-state index contributed by atoms with van der Waals surface area (Å²) in [5.41, 5.74) is 1.81. The molecular formula is C14H14N2O. The van der Waals surface area contributed by atoms with E-state index < -0.39 is 0 Å². The van der Waals surface area contributed by atoms with Gasteiger partial charge in [-0.3, -0.25) is 4.79 Å². The normalized spacial score (nSPS) is 9.94. The number of pyridine rings is 1. The van der Waals surface area contributed by atoms with Gasteiger partial charge in [-0.15, -0.1) is 0 Å². The summed E-state index contributed by atoms with van der Waals surface area (Å²) < 4.78 is 0. The van der Waals surface area contributed by atoms with E-state index >= 15 is 0 Å². The van der Waals surface area contributed by atoms with Gasteiger partial charge in [-0.25, -0.2) is 4.98 Å². The second-order valence-corrected chi connectivity index (χ2v) is 3.72. The average molecular weight is 226 g/mol. The van der Waals surface area contributed by atoms with E-state index in [9.17, 15) is 4.79 Å². The van der Waals surface area contributed by atoms with Gasteiger partial charge in [-0.2, -0.15) is 0 Å². The molecule has 0 spiro atoms. The maximum absolute atomic E-state index is 11.9. The Balaban J connectivity index is 2.14. The summed E-state index contributed by atoms with van der Waals surface area (Å²) in [7, 11) is 0.